The first kappa shape index (κ1) is 20.8. The minimum atomic E-state index is -0.220. The number of nitrogens with one attached hydrogen (secondary N) is 1. The summed E-state index contributed by atoms with van der Waals surface area (Å²) in [4.78, 5) is 27.8. The van der Waals surface area contributed by atoms with Crippen molar-refractivity contribution in [1.82, 2.24) is 10.2 Å². The maximum Gasteiger partial charge on any atom is 0.225 e. The average molecular weight is 387 g/mol. The number of hydrogen-bond donors (Lipinski definition) is 1. The van der Waals surface area contributed by atoms with Gasteiger partial charge in [0.15, 0.2) is 0 Å². The Morgan fingerprint density at radius 2 is 1.79 bits per heavy atom. The third kappa shape index (κ3) is 5.13. The molecule has 0 radical (unpaired) electrons. The Morgan fingerprint density at radius 3 is 2.43 bits per heavy atom. The molecule has 0 spiro atoms. The van der Waals surface area contributed by atoms with Gasteiger partial charge in [-0.2, -0.15) is 0 Å². The second-order valence-electron chi connectivity index (χ2n) is 8.28. The Balaban J connectivity index is 1.82. The third-order valence-electron chi connectivity index (χ3n) is 6.20. The number of amides is 2. The molecule has 5 heteroatoms. The van der Waals surface area contributed by atoms with E-state index in [1.165, 1.54) is 31.2 Å². The van der Waals surface area contributed by atoms with Crippen LogP contribution in [0.5, 0.6) is 0 Å². The molecule has 2 fully saturated rings. The number of likely N-dealkylation sites (tertiary alicyclic amines) is 1. The number of carbonyl (C=O) groups excluding carboxylic acids is 2. The Morgan fingerprint density at radius 1 is 1.11 bits per heavy atom. The van der Waals surface area contributed by atoms with E-state index in [0.717, 1.165) is 18.4 Å². The van der Waals surface area contributed by atoms with Crippen LogP contribution in [0.1, 0.15) is 68.5 Å². The van der Waals surface area contributed by atoms with Crippen LogP contribution in [0.25, 0.3) is 0 Å². The molecule has 2 aliphatic rings. The fourth-order valence-corrected chi connectivity index (χ4v) is 4.59. The molecule has 1 heterocycles. The first-order chi connectivity index (χ1) is 13.6. The molecule has 1 aliphatic carbocycles. The van der Waals surface area contributed by atoms with Crippen LogP contribution in [-0.2, 0) is 14.3 Å². The van der Waals surface area contributed by atoms with Gasteiger partial charge in [-0.15, -0.1) is 0 Å². The largest absolute Gasteiger partial charge is 0.383 e. The zero-order chi connectivity index (χ0) is 19.9. The van der Waals surface area contributed by atoms with E-state index in [9.17, 15) is 9.59 Å². The highest BCUT2D eigenvalue weighted by molar-refractivity contribution is 5.85. The number of carbonyl (C=O) groups is 2. The summed E-state index contributed by atoms with van der Waals surface area (Å²) in [7, 11) is 1.64. The van der Waals surface area contributed by atoms with E-state index in [2.05, 4.69) is 36.5 Å². The van der Waals surface area contributed by atoms with Gasteiger partial charge in [-0.1, -0.05) is 55.5 Å². The highest BCUT2D eigenvalue weighted by Crippen LogP contribution is 2.37. The number of piperidine rings is 1. The van der Waals surface area contributed by atoms with E-state index in [0.29, 0.717) is 26.0 Å². The number of aryl methyl sites for hydroxylation is 1. The molecule has 28 heavy (non-hydrogen) atoms. The van der Waals surface area contributed by atoms with Crippen molar-refractivity contribution >= 4 is 11.8 Å². The van der Waals surface area contributed by atoms with Crippen molar-refractivity contribution in [3.8, 4) is 0 Å². The van der Waals surface area contributed by atoms with E-state index >= 15 is 0 Å². The zero-order valence-corrected chi connectivity index (χ0v) is 17.3. The first-order valence-electron chi connectivity index (χ1n) is 10.8. The van der Waals surface area contributed by atoms with Crippen molar-refractivity contribution in [3.63, 3.8) is 0 Å². The van der Waals surface area contributed by atoms with Crippen molar-refractivity contribution in [2.24, 2.45) is 5.92 Å². The summed E-state index contributed by atoms with van der Waals surface area (Å²) < 4.78 is 5.23. The summed E-state index contributed by atoms with van der Waals surface area (Å²) in [6, 6.07) is 8.29. The molecule has 1 aliphatic heterocycles. The maximum atomic E-state index is 13.3. The lowest BCUT2D eigenvalue weighted by Crippen LogP contribution is -2.50. The second kappa shape index (κ2) is 10.1. The quantitative estimate of drug-likeness (QED) is 0.758. The number of ether oxygens (including phenoxy) is 1. The van der Waals surface area contributed by atoms with Crippen molar-refractivity contribution in [1.29, 1.82) is 0 Å². The monoisotopic (exact) mass is 386 g/mol. The van der Waals surface area contributed by atoms with Crippen LogP contribution in [0.2, 0.25) is 0 Å². The van der Waals surface area contributed by atoms with E-state index in [4.69, 9.17) is 4.74 Å². The number of rotatable bonds is 6. The third-order valence-corrected chi connectivity index (χ3v) is 6.20. The van der Waals surface area contributed by atoms with Gasteiger partial charge < -0.3 is 15.0 Å². The smallest absolute Gasteiger partial charge is 0.225 e. The summed E-state index contributed by atoms with van der Waals surface area (Å²) in [6.45, 7) is 3.04. The molecule has 3 rings (SSSR count). The lowest BCUT2D eigenvalue weighted by atomic mass is 9.83. The van der Waals surface area contributed by atoms with E-state index in [1.807, 2.05) is 4.90 Å². The van der Waals surface area contributed by atoms with E-state index < -0.39 is 0 Å². The van der Waals surface area contributed by atoms with Crippen LogP contribution in [0, 0.1) is 12.8 Å². The van der Waals surface area contributed by atoms with Gasteiger partial charge in [-0.25, -0.2) is 0 Å². The molecule has 1 N–H and O–H groups in total. The molecular weight excluding hydrogens is 352 g/mol. The normalized spacial score (nSPS) is 24.1. The predicted molar refractivity (Wildman–Crippen MR) is 110 cm³/mol. The van der Waals surface area contributed by atoms with Crippen LogP contribution >= 0.6 is 0 Å². The van der Waals surface area contributed by atoms with Crippen LogP contribution < -0.4 is 5.32 Å². The summed E-state index contributed by atoms with van der Waals surface area (Å²) >= 11 is 0. The van der Waals surface area contributed by atoms with Crippen molar-refractivity contribution in [3.05, 3.63) is 35.4 Å². The molecule has 0 unspecified atom stereocenters. The van der Waals surface area contributed by atoms with Gasteiger partial charge in [0.05, 0.1) is 18.6 Å². The number of nitrogens with zero attached hydrogens (tertiary/aromatic N) is 1. The minimum Gasteiger partial charge on any atom is -0.383 e. The molecule has 5 nitrogen and oxygen atoms in total. The zero-order valence-electron chi connectivity index (χ0n) is 17.3. The van der Waals surface area contributed by atoms with Gasteiger partial charge in [0.2, 0.25) is 11.8 Å². The molecule has 0 aromatic heterocycles. The van der Waals surface area contributed by atoms with Crippen LogP contribution in [0.4, 0.5) is 0 Å². The number of benzene rings is 1. The lowest BCUT2D eigenvalue weighted by molar-refractivity contribution is -0.144. The van der Waals surface area contributed by atoms with Gasteiger partial charge in [-0.3, -0.25) is 9.59 Å². The number of hydrogen-bond acceptors (Lipinski definition) is 3. The minimum absolute atomic E-state index is 0.104. The first-order valence-corrected chi connectivity index (χ1v) is 10.8. The van der Waals surface area contributed by atoms with Gasteiger partial charge in [0.1, 0.15) is 0 Å². The van der Waals surface area contributed by atoms with Gasteiger partial charge in [0, 0.05) is 26.1 Å². The summed E-state index contributed by atoms with van der Waals surface area (Å²) in [5.41, 5.74) is 2.21. The Hall–Kier alpha value is -1.88. The van der Waals surface area contributed by atoms with Crippen molar-refractivity contribution < 1.29 is 14.3 Å². The molecule has 1 aromatic carbocycles. The molecule has 2 atom stereocenters. The summed E-state index contributed by atoms with van der Waals surface area (Å²) in [6.07, 6.45) is 8.08. The van der Waals surface area contributed by atoms with Crippen LogP contribution in [0.3, 0.4) is 0 Å². The topological polar surface area (TPSA) is 58.6 Å². The summed E-state index contributed by atoms with van der Waals surface area (Å²) in [5, 5.41) is 3.32. The maximum absolute atomic E-state index is 13.3. The van der Waals surface area contributed by atoms with Crippen molar-refractivity contribution in [2.45, 2.75) is 70.4 Å². The van der Waals surface area contributed by atoms with Gasteiger partial charge in [0.25, 0.3) is 0 Å². The molecule has 2 amide bonds. The van der Waals surface area contributed by atoms with Crippen molar-refractivity contribution in [2.75, 3.05) is 20.3 Å². The summed E-state index contributed by atoms with van der Waals surface area (Å²) in [5.74, 6) is 0.00838. The molecule has 1 saturated heterocycles. The second-order valence-corrected chi connectivity index (χ2v) is 8.28. The fourth-order valence-electron chi connectivity index (χ4n) is 4.59. The molecule has 1 saturated carbocycles. The fraction of sp³-hybridized carbons (Fsp3) is 0.652. The predicted octanol–water partition coefficient (Wildman–Crippen LogP) is 3.76. The molecule has 154 valence electrons. The molecular formula is C23H34N2O3. The molecule has 1 aromatic rings. The highest BCUT2D eigenvalue weighted by atomic mass is 16.5. The highest BCUT2D eigenvalue weighted by Gasteiger charge is 2.40. The Kier molecular flexibility index (Phi) is 7.49. The number of methoxy groups -OCH3 is 1. The average Bonchev–Trinajstić information content (AvgIpc) is 2.96. The Labute approximate surface area is 168 Å². The van der Waals surface area contributed by atoms with E-state index in [1.54, 1.807) is 7.11 Å². The molecule has 0 bridgehead atoms. The van der Waals surface area contributed by atoms with Crippen LogP contribution in [0.15, 0.2) is 24.3 Å². The standard InChI is InChI=1S/C23H34N2O3/c1-17-9-11-18(12-10-17)22-20(13-14-21(26)25(22)15-16-28-2)23(27)24-19-7-5-3-4-6-8-19/h9-12,19-20,22H,3-8,13-16H2,1-2H3,(H,24,27)/t20-,22-/m1/s1. The SMILES string of the molecule is COCCN1C(=O)CC[C@@H](C(=O)NC2CCCCCC2)[C@H]1c1ccc(C)cc1. The lowest BCUT2D eigenvalue weighted by Gasteiger charge is -2.41. The Bertz CT molecular complexity index is 650. The van der Waals surface area contributed by atoms with Crippen LogP contribution in [-0.4, -0.2) is 43.0 Å². The van der Waals surface area contributed by atoms with Gasteiger partial charge in [-0.05, 0) is 31.7 Å². The van der Waals surface area contributed by atoms with E-state index in [-0.39, 0.29) is 29.8 Å². The van der Waals surface area contributed by atoms with Gasteiger partial charge >= 0.3 is 0 Å².